The third-order valence-electron chi connectivity index (χ3n) is 6.73. The van der Waals surface area contributed by atoms with Crippen LogP contribution in [0.25, 0.3) is 21.5 Å². The maximum Gasteiger partial charge on any atom is 0.146 e. The highest BCUT2D eigenvalue weighted by atomic mass is 28.3. The van der Waals surface area contributed by atoms with Gasteiger partial charge < -0.3 is 0 Å². The summed E-state index contributed by atoms with van der Waals surface area (Å²) in [5.74, 6) is 7.19. The van der Waals surface area contributed by atoms with Crippen LogP contribution in [-0.2, 0) is 0 Å². The molecule has 0 heterocycles. The Hall–Kier alpha value is -2.27. The van der Waals surface area contributed by atoms with Crippen LogP contribution in [0.2, 0.25) is 36.3 Å². The molecule has 32 heavy (non-hydrogen) atoms. The minimum atomic E-state index is -1.77. The van der Waals surface area contributed by atoms with E-state index in [9.17, 15) is 0 Å². The van der Waals surface area contributed by atoms with Gasteiger partial charge in [-0.3, -0.25) is 0 Å². The van der Waals surface area contributed by atoms with Gasteiger partial charge in [-0.1, -0.05) is 97.3 Å². The summed E-state index contributed by atoms with van der Waals surface area (Å²) in [5, 5.41) is 4.99. The van der Waals surface area contributed by atoms with Crippen molar-refractivity contribution in [3.63, 3.8) is 0 Å². The zero-order valence-corrected chi connectivity index (χ0v) is 23.4. The average Bonchev–Trinajstić information content (AvgIpc) is 2.70. The predicted octanol–water partition coefficient (Wildman–Crippen LogP) is 8.79. The molecule has 0 aromatic heterocycles. The second-order valence-electron chi connectivity index (χ2n) is 11.1. The first kappa shape index (κ1) is 24.4. The Morgan fingerprint density at radius 1 is 0.594 bits per heavy atom. The van der Waals surface area contributed by atoms with E-state index in [0.29, 0.717) is 16.6 Å². The Labute approximate surface area is 197 Å². The van der Waals surface area contributed by atoms with Crippen molar-refractivity contribution in [1.29, 1.82) is 0 Å². The van der Waals surface area contributed by atoms with Gasteiger partial charge >= 0.3 is 0 Å². The molecule has 0 bridgehead atoms. The van der Waals surface area contributed by atoms with Gasteiger partial charge in [0.15, 0.2) is 0 Å². The second-order valence-corrected chi connectivity index (χ2v) is 21.4. The molecule has 0 saturated carbocycles. The lowest BCUT2D eigenvalue weighted by Crippen LogP contribution is -2.43. The van der Waals surface area contributed by atoms with Crippen molar-refractivity contribution < 1.29 is 0 Å². The van der Waals surface area contributed by atoms with Gasteiger partial charge in [-0.05, 0) is 62.4 Å². The smallest absolute Gasteiger partial charge is 0.127 e. The predicted molar refractivity (Wildman–Crippen MR) is 150 cm³/mol. The van der Waals surface area contributed by atoms with Crippen LogP contribution in [0.15, 0.2) is 48.5 Å². The van der Waals surface area contributed by atoms with E-state index >= 15 is 0 Å². The van der Waals surface area contributed by atoms with Gasteiger partial charge in [0.05, 0.1) is 0 Å². The Morgan fingerprint density at radius 3 is 1.44 bits per heavy atom. The monoisotopic (exact) mass is 454 g/mol. The summed E-state index contributed by atoms with van der Waals surface area (Å²) in [6.07, 6.45) is 0. The standard InChI is InChI=1S/C30H38Si2/c1-22(2)32(23(3)4,24(5)6)19-17-26-13-11-15-28-20-27-14-10-12-25(16-18-31(7,8)9)29(27)21-30(26)28/h10-15,20-24H,1-9H3. The number of hydrogen-bond donors (Lipinski definition) is 0. The SMILES string of the molecule is CC(C)[Si](C#Cc1cccc2cc3cccc(C#C[Si](C)(C)C)c3cc12)(C(C)C)C(C)C. The van der Waals surface area contributed by atoms with Crippen LogP contribution in [-0.4, -0.2) is 16.1 Å². The van der Waals surface area contributed by atoms with E-state index in [1.165, 1.54) is 21.5 Å². The Balaban J connectivity index is 2.25. The number of benzene rings is 3. The lowest BCUT2D eigenvalue weighted by molar-refractivity contribution is 0.838. The zero-order valence-electron chi connectivity index (χ0n) is 21.4. The molecule has 0 N–H and O–H groups in total. The summed E-state index contributed by atoms with van der Waals surface area (Å²) < 4.78 is 0. The summed E-state index contributed by atoms with van der Waals surface area (Å²) in [5.41, 5.74) is 11.6. The quantitative estimate of drug-likeness (QED) is 0.211. The molecule has 0 fully saturated rings. The molecule has 3 aromatic carbocycles. The molecule has 3 aromatic rings. The molecule has 0 saturated heterocycles. The molecule has 0 radical (unpaired) electrons. The highest BCUT2D eigenvalue weighted by Gasteiger charge is 2.41. The molecule has 0 unspecified atom stereocenters. The molecular weight excluding hydrogens is 417 g/mol. The summed E-state index contributed by atoms with van der Waals surface area (Å²) in [4.78, 5) is 0. The van der Waals surface area contributed by atoms with Crippen molar-refractivity contribution >= 4 is 37.7 Å². The third kappa shape index (κ3) is 4.88. The van der Waals surface area contributed by atoms with E-state index in [1.807, 2.05) is 0 Å². The molecule has 0 aliphatic rings. The second kappa shape index (κ2) is 9.31. The summed E-state index contributed by atoms with van der Waals surface area (Å²) in [7, 11) is -3.21. The highest BCUT2D eigenvalue weighted by molar-refractivity contribution is 6.90. The average molecular weight is 455 g/mol. The van der Waals surface area contributed by atoms with E-state index < -0.39 is 16.1 Å². The van der Waals surface area contributed by atoms with E-state index in [4.69, 9.17) is 0 Å². The summed E-state index contributed by atoms with van der Waals surface area (Å²) in [6.45, 7) is 21.1. The van der Waals surface area contributed by atoms with E-state index in [2.05, 4.69) is 133 Å². The first-order valence-electron chi connectivity index (χ1n) is 12.0. The van der Waals surface area contributed by atoms with Crippen LogP contribution in [0, 0.1) is 22.9 Å². The van der Waals surface area contributed by atoms with Gasteiger partial charge in [0, 0.05) is 11.1 Å². The van der Waals surface area contributed by atoms with Crippen LogP contribution >= 0.6 is 0 Å². The van der Waals surface area contributed by atoms with Crippen LogP contribution in [0.4, 0.5) is 0 Å². The topological polar surface area (TPSA) is 0 Å². The van der Waals surface area contributed by atoms with E-state index in [1.54, 1.807) is 0 Å². The third-order valence-corrected chi connectivity index (χ3v) is 13.9. The maximum absolute atomic E-state index is 3.91. The first-order chi connectivity index (χ1) is 15.0. The van der Waals surface area contributed by atoms with Crippen LogP contribution < -0.4 is 0 Å². The van der Waals surface area contributed by atoms with Gasteiger partial charge in [0.25, 0.3) is 0 Å². The number of hydrogen-bond acceptors (Lipinski definition) is 0. The molecule has 0 aliphatic heterocycles. The highest BCUT2D eigenvalue weighted by Crippen LogP contribution is 2.41. The fourth-order valence-electron chi connectivity index (χ4n) is 5.13. The minimum absolute atomic E-state index is 0.634. The molecule has 0 atom stereocenters. The lowest BCUT2D eigenvalue weighted by atomic mass is 9.97. The molecule has 2 heteroatoms. The van der Waals surface area contributed by atoms with Gasteiger partial charge in [-0.25, -0.2) is 0 Å². The zero-order chi connectivity index (χ0) is 23.7. The largest absolute Gasteiger partial charge is 0.146 e. The summed E-state index contributed by atoms with van der Waals surface area (Å²) >= 11 is 0. The van der Waals surface area contributed by atoms with Crippen LogP contribution in [0.1, 0.15) is 52.7 Å². The minimum Gasteiger partial charge on any atom is -0.127 e. The lowest BCUT2D eigenvalue weighted by Gasteiger charge is -2.38. The molecule has 0 amide bonds. The van der Waals surface area contributed by atoms with Crippen molar-refractivity contribution in [2.24, 2.45) is 0 Å². The van der Waals surface area contributed by atoms with Crippen molar-refractivity contribution in [1.82, 2.24) is 0 Å². The molecule has 166 valence electrons. The Morgan fingerprint density at radius 2 is 1.03 bits per heavy atom. The van der Waals surface area contributed by atoms with Gasteiger partial charge in [-0.15, -0.1) is 11.1 Å². The molecule has 0 spiro atoms. The van der Waals surface area contributed by atoms with E-state index in [0.717, 1.165) is 11.1 Å². The van der Waals surface area contributed by atoms with Crippen molar-refractivity contribution in [2.45, 2.75) is 77.8 Å². The van der Waals surface area contributed by atoms with Crippen LogP contribution in [0.5, 0.6) is 0 Å². The number of rotatable bonds is 3. The van der Waals surface area contributed by atoms with Crippen molar-refractivity contribution in [2.75, 3.05) is 0 Å². The molecule has 0 aliphatic carbocycles. The van der Waals surface area contributed by atoms with E-state index in [-0.39, 0.29) is 0 Å². The Bertz CT molecular complexity index is 1230. The van der Waals surface area contributed by atoms with Crippen LogP contribution in [0.3, 0.4) is 0 Å². The van der Waals surface area contributed by atoms with Gasteiger partial charge in [0.1, 0.15) is 16.1 Å². The van der Waals surface area contributed by atoms with Crippen molar-refractivity contribution in [3.8, 4) is 22.9 Å². The normalized spacial score (nSPS) is 12.2. The van der Waals surface area contributed by atoms with Gasteiger partial charge in [-0.2, -0.15) is 0 Å². The first-order valence-corrected chi connectivity index (χ1v) is 17.7. The number of fused-ring (bicyclic) bond motifs is 2. The van der Waals surface area contributed by atoms with Crippen molar-refractivity contribution in [3.05, 3.63) is 59.7 Å². The molecule has 0 nitrogen and oxygen atoms in total. The maximum atomic E-state index is 3.91. The molecule has 3 rings (SSSR count). The fraction of sp³-hybridized carbons (Fsp3) is 0.400. The Kier molecular flexibility index (Phi) is 7.09. The van der Waals surface area contributed by atoms with Gasteiger partial charge in [0.2, 0.25) is 0 Å². The summed E-state index contributed by atoms with van der Waals surface area (Å²) in [6, 6.07) is 17.6. The molecular formula is C30H38Si2. The fourth-order valence-corrected chi connectivity index (χ4v) is 10.9.